The van der Waals surface area contributed by atoms with E-state index in [-0.39, 0.29) is 0 Å². The fraction of sp³-hybridized carbons (Fsp3) is 0.667. The van der Waals surface area contributed by atoms with Gasteiger partial charge in [0.2, 0.25) is 0 Å². The first kappa shape index (κ1) is 11.4. The second kappa shape index (κ2) is 7.10. The van der Waals surface area contributed by atoms with Gasteiger partial charge in [-0.3, -0.25) is 0 Å². The molecule has 0 aromatic rings. The van der Waals surface area contributed by atoms with Crippen LogP contribution in [0.1, 0.15) is 20.3 Å². The zero-order valence-electron chi connectivity index (χ0n) is 7.89. The van der Waals surface area contributed by atoms with E-state index >= 15 is 0 Å². The van der Waals surface area contributed by atoms with E-state index in [1.165, 1.54) is 0 Å². The van der Waals surface area contributed by atoms with Gasteiger partial charge >= 0.3 is 0 Å². The molecule has 0 heterocycles. The number of nitrogens with one attached hydrogen (secondary N) is 2. The summed E-state index contributed by atoms with van der Waals surface area (Å²) in [5.74, 6) is 0.722. The Kier molecular flexibility index (Phi) is 6.76. The zero-order chi connectivity index (χ0) is 9.40. The summed E-state index contributed by atoms with van der Waals surface area (Å²) in [6, 6.07) is 0. The lowest BCUT2D eigenvalue weighted by molar-refractivity contribution is 0.576. The number of hydrogen-bond acceptors (Lipinski definition) is 1. The summed E-state index contributed by atoms with van der Waals surface area (Å²) in [7, 11) is 0. The molecule has 2 nitrogen and oxygen atoms in total. The zero-order valence-corrected chi connectivity index (χ0v) is 8.71. The summed E-state index contributed by atoms with van der Waals surface area (Å²) in [5, 5.41) is 6.85. The van der Waals surface area contributed by atoms with E-state index in [0.29, 0.717) is 0 Å². The molecule has 0 rings (SSSR count). The minimum absolute atomic E-state index is 0.718. The van der Waals surface area contributed by atoms with Crippen LogP contribution < -0.4 is 10.6 Å². The maximum Gasteiger partial charge on any atom is 0.166 e. The molecule has 0 saturated heterocycles. The van der Waals surface area contributed by atoms with Crippen molar-refractivity contribution in [2.75, 3.05) is 13.1 Å². The van der Waals surface area contributed by atoms with Crippen LogP contribution in [0.5, 0.6) is 0 Å². The van der Waals surface area contributed by atoms with E-state index in [1.807, 2.05) is 0 Å². The Labute approximate surface area is 80.4 Å². The highest BCUT2D eigenvalue weighted by molar-refractivity contribution is 7.80. The summed E-state index contributed by atoms with van der Waals surface area (Å²) >= 11 is 5.00. The van der Waals surface area contributed by atoms with Gasteiger partial charge in [-0.25, -0.2) is 0 Å². The molecule has 0 fully saturated rings. The Hall–Kier alpha value is -0.570. The normalized spacial score (nSPS) is 9.58. The third-order valence-corrected chi connectivity index (χ3v) is 1.70. The van der Waals surface area contributed by atoms with Crippen LogP contribution in [0.2, 0.25) is 0 Å². The average molecular weight is 186 g/mol. The van der Waals surface area contributed by atoms with Crippen molar-refractivity contribution in [2.45, 2.75) is 20.3 Å². The Morgan fingerprint density at radius 3 is 2.67 bits per heavy atom. The van der Waals surface area contributed by atoms with Crippen LogP contribution in [0.25, 0.3) is 0 Å². The predicted molar refractivity (Wildman–Crippen MR) is 58.3 cm³/mol. The molecule has 3 heteroatoms. The van der Waals surface area contributed by atoms with Gasteiger partial charge in [0.05, 0.1) is 0 Å². The van der Waals surface area contributed by atoms with Crippen LogP contribution >= 0.6 is 12.2 Å². The fourth-order valence-electron chi connectivity index (χ4n) is 0.702. The molecule has 0 aliphatic heterocycles. The second-order valence-electron chi connectivity index (χ2n) is 3.11. The Balaban J connectivity index is 3.25. The molecular formula is C9H18N2S. The molecule has 0 aliphatic carbocycles. The van der Waals surface area contributed by atoms with E-state index in [2.05, 4.69) is 31.1 Å². The van der Waals surface area contributed by atoms with Crippen LogP contribution in [-0.4, -0.2) is 18.2 Å². The number of thiocarbonyl (C=S) groups is 1. The smallest absolute Gasteiger partial charge is 0.166 e. The first-order valence-electron chi connectivity index (χ1n) is 4.29. The maximum absolute atomic E-state index is 5.00. The predicted octanol–water partition coefficient (Wildman–Crippen LogP) is 1.68. The molecule has 0 aliphatic rings. The van der Waals surface area contributed by atoms with Crippen molar-refractivity contribution >= 4 is 17.3 Å². The van der Waals surface area contributed by atoms with Gasteiger partial charge in [0.15, 0.2) is 5.11 Å². The SMILES string of the molecule is C=CCNC(=S)NCCC(C)C. The van der Waals surface area contributed by atoms with Crippen LogP contribution in [0.3, 0.4) is 0 Å². The summed E-state index contributed by atoms with van der Waals surface area (Å²) in [6.45, 7) is 9.66. The highest BCUT2D eigenvalue weighted by Crippen LogP contribution is 1.95. The van der Waals surface area contributed by atoms with Crippen molar-refractivity contribution in [3.8, 4) is 0 Å². The molecule has 0 aromatic carbocycles. The largest absolute Gasteiger partial charge is 0.363 e. The van der Waals surface area contributed by atoms with E-state index in [1.54, 1.807) is 6.08 Å². The van der Waals surface area contributed by atoms with E-state index in [9.17, 15) is 0 Å². The molecule has 70 valence electrons. The molecule has 0 saturated carbocycles. The minimum Gasteiger partial charge on any atom is -0.363 e. The summed E-state index contributed by atoms with van der Waals surface area (Å²) < 4.78 is 0. The number of rotatable bonds is 5. The fourth-order valence-corrected chi connectivity index (χ4v) is 0.887. The first-order chi connectivity index (χ1) is 5.66. The van der Waals surface area contributed by atoms with Crippen LogP contribution in [0, 0.1) is 5.92 Å². The van der Waals surface area contributed by atoms with Crippen molar-refractivity contribution < 1.29 is 0 Å². The molecular weight excluding hydrogens is 168 g/mol. The van der Waals surface area contributed by atoms with Gasteiger partial charge in [-0.15, -0.1) is 6.58 Å². The Bertz CT molecular complexity index is 143. The second-order valence-corrected chi connectivity index (χ2v) is 3.52. The van der Waals surface area contributed by atoms with Gasteiger partial charge in [-0.2, -0.15) is 0 Å². The average Bonchev–Trinajstić information content (AvgIpc) is 2.00. The molecule has 0 atom stereocenters. The molecule has 0 spiro atoms. The highest BCUT2D eigenvalue weighted by atomic mass is 32.1. The highest BCUT2D eigenvalue weighted by Gasteiger charge is 1.94. The van der Waals surface area contributed by atoms with Crippen molar-refractivity contribution in [2.24, 2.45) is 5.92 Å². The molecule has 0 amide bonds. The quantitative estimate of drug-likeness (QED) is 0.504. The lowest BCUT2D eigenvalue weighted by Gasteiger charge is -2.09. The lowest BCUT2D eigenvalue weighted by atomic mass is 10.1. The van der Waals surface area contributed by atoms with Crippen molar-refractivity contribution in [1.82, 2.24) is 10.6 Å². The number of hydrogen-bond donors (Lipinski definition) is 2. The van der Waals surface area contributed by atoms with Gasteiger partial charge in [-0.05, 0) is 24.6 Å². The lowest BCUT2D eigenvalue weighted by Crippen LogP contribution is -2.36. The third-order valence-electron chi connectivity index (χ3n) is 1.41. The van der Waals surface area contributed by atoms with Crippen molar-refractivity contribution in [3.63, 3.8) is 0 Å². The topological polar surface area (TPSA) is 24.1 Å². The van der Waals surface area contributed by atoms with Gasteiger partial charge in [0.1, 0.15) is 0 Å². The van der Waals surface area contributed by atoms with E-state index < -0.39 is 0 Å². The van der Waals surface area contributed by atoms with Gasteiger partial charge < -0.3 is 10.6 Å². The monoisotopic (exact) mass is 186 g/mol. The van der Waals surface area contributed by atoms with Crippen LogP contribution in [0.15, 0.2) is 12.7 Å². The summed E-state index contributed by atoms with van der Waals surface area (Å²) in [4.78, 5) is 0. The van der Waals surface area contributed by atoms with Crippen LogP contribution in [-0.2, 0) is 0 Å². The molecule has 0 radical (unpaired) electrons. The van der Waals surface area contributed by atoms with Crippen molar-refractivity contribution in [1.29, 1.82) is 0 Å². The van der Waals surface area contributed by atoms with Gasteiger partial charge in [0.25, 0.3) is 0 Å². The van der Waals surface area contributed by atoms with Crippen LogP contribution in [0.4, 0.5) is 0 Å². The Morgan fingerprint density at radius 1 is 1.50 bits per heavy atom. The first-order valence-corrected chi connectivity index (χ1v) is 4.70. The molecule has 12 heavy (non-hydrogen) atoms. The van der Waals surface area contributed by atoms with Gasteiger partial charge in [0, 0.05) is 13.1 Å². The Morgan fingerprint density at radius 2 is 2.17 bits per heavy atom. The molecule has 0 aromatic heterocycles. The van der Waals surface area contributed by atoms with E-state index in [0.717, 1.165) is 30.5 Å². The minimum atomic E-state index is 0.718. The molecule has 0 unspecified atom stereocenters. The van der Waals surface area contributed by atoms with E-state index in [4.69, 9.17) is 12.2 Å². The standard InChI is InChI=1S/C9H18N2S/c1-4-6-10-9(12)11-7-5-8(2)3/h4,8H,1,5-7H2,2-3H3,(H2,10,11,12). The van der Waals surface area contributed by atoms with Crippen molar-refractivity contribution in [3.05, 3.63) is 12.7 Å². The molecule has 0 bridgehead atoms. The summed E-state index contributed by atoms with van der Waals surface area (Å²) in [6.07, 6.45) is 2.94. The summed E-state index contributed by atoms with van der Waals surface area (Å²) in [5.41, 5.74) is 0. The third kappa shape index (κ3) is 7.54. The van der Waals surface area contributed by atoms with Gasteiger partial charge in [-0.1, -0.05) is 19.9 Å². The maximum atomic E-state index is 5.00. The molecule has 2 N–H and O–H groups in total.